The SMILES string of the molecule is CCCC/C=C/CCCCCC(CC(=O)N(CC)CC)C(=O)O. The average Bonchev–Trinajstić information content (AvgIpc) is 2.53. The number of carbonyl (C=O) groups is 2. The van der Waals surface area contributed by atoms with Crippen molar-refractivity contribution in [2.45, 2.75) is 78.6 Å². The molecule has 0 rings (SSSR count). The molecule has 0 bridgehead atoms. The highest BCUT2D eigenvalue weighted by molar-refractivity contribution is 5.82. The molecule has 1 amide bonds. The third-order valence-corrected chi connectivity index (χ3v) is 4.20. The van der Waals surface area contributed by atoms with E-state index in [-0.39, 0.29) is 12.3 Å². The van der Waals surface area contributed by atoms with Crippen molar-refractivity contribution in [2.24, 2.45) is 5.92 Å². The van der Waals surface area contributed by atoms with Crippen LogP contribution < -0.4 is 0 Å². The minimum absolute atomic E-state index is 0.0405. The van der Waals surface area contributed by atoms with Gasteiger partial charge in [0, 0.05) is 19.5 Å². The maximum atomic E-state index is 12.0. The molecule has 0 spiro atoms. The van der Waals surface area contributed by atoms with E-state index in [4.69, 9.17) is 0 Å². The molecule has 1 N–H and O–H groups in total. The number of rotatable bonds is 14. The predicted octanol–water partition coefficient (Wildman–Crippen LogP) is 4.64. The van der Waals surface area contributed by atoms with Gasteiger partial charge in [0.25, 0.3) is 0 Å². The summed E-state index contributed by atoms with van der Waals surface area (Å²) in [6.45, 7) is 7.33. The zero-order chi connectivity index (χ0) is 17.5. The Morgan fingerprint density at radius 2 is 1.57 bits per heavy atom. The third-order valence-electron chi connectivity index (χ3n) is 4.20. The highest BCUT2D eigenvalue weighted by Crippen LogP contribution is 2.16. The maximum Gasteiger partial charge on any atom is 0.307 e. The van der Waals surface area contributed by atoms with Gasteiger partial charge in [0.2, 0.25) is 5.91 Å². The second kappa shape index (κ2) is 14.3. The molecule has 0 fully saturated rings. The zero-order valence-electron chi connectivity index (χ0n) is 15.2. The van der Waals surface area contributed by atoms with Crippen molar-refractivity contribution in [2.75, 3.05) is 13.1 Å². The fourth-order valence-corrected chi connectivity index (χ4v) is 2.62. The predicted molar refractivity (Wildman–Crippen MR) is 95.4 cm³/mol. The van der Waals surface area contributed by atoms with E-state index in [0.29, 0.717) is 19.5 Å². The summed E-state index contributed by atoms with van der Waals surface area (Å²) in [5.41, 5.74) is 0. The van der Waals surface area contributed by atoms with Gasteiger partial charge in [0.05, 0.1) is 5.92 Å². The summed E-state index contributed by atoms with van der Waals surface area (Å²) in [6, 6.07) is 0. The van der Waals surface area contributed by atoms with E-state index in [9.17, 15) is 14.7 Å². The van der Waals surface area contributed by atoms with Crippen molar-refractivity contribution < 1.29 is 14.7 Å². The topological polar surface area (TPSA) is 57.6 Å². The first-order chi connectivity index (χ1) is 11.1. The van der Waals surface area contributed by atoms with Crippen LogP contribution in [0.3, 0.4) is 0 Å². The van der Waals surface area contributed by atoms with Gasteiger partial charge < -0.3 is 10.0 Å². The van der Waals surface area contributed by atoms with Crippen LogP contribution in [-0.2, 0) is 9.59 Å². The molecule has 0 aliphatic heterocycles. The molecule has 0 radical (unpaired) electrons. The number of hydrogen-bond donors (Lipinski definition) is 1. The van der Waals surface area contributed by atoms with Crippen molar-refractivity contribution in [3.05, 3.63) is 12.2 Å². The van der Waals surface area contributed by atoms with Crippen LogP contribution in [0.4, 0.5) is 0 Å². The van der Waals surface area contributed by atoms with E-state index in [0.717, 1.165) is 32.1 Å². The van der Waals surface area contributed by atoms with Crippen LogP contribution in [0.2, 0.25) is 0 Å². The highest BCUT2D eigenvalue weighted by atomic mass is 16.4. The zero-order valence-corrected chi connectivity index (χ0v) is 15.2. The summed E-state index contributed by atoms with van der Waals surface area (Å²) < 4.78 is 0. The van der Waals surface area contributed by atoms with E-state index in [1.165, 1.54) is 12.8 Å². The first-order valence-electron chi connectivity index (χ1n) is 9.22. The Bertz CT molecular complexity index is 349. The smallest absolute Gasteiger partial charge is 0.307 e. The van der Waals surface area contributed by atoms with Gasteiger partial charge in [-0.15, -0.1) is 0 Å². The fraction of sp³-hybridized carbons (Fsp3) is 0.789. The van der Waals surface area contributed by atoms with E-state index in [2.05, 4.69) is 19.1 Å². The number of aliphatic carboxylic acids is 1. The summed E-state index contributed by atoms with van der Waals surface area (Å²) in [7, 11) is 0. The molecule has 0 aromatic heterocycles. The summed E-state index contributed by atoms with van der Waals surface area (Å²) in [5, 5.41) is 9.29. The number of carboxylic acid groups (broad SMARTS) is 1. The maximum absolute atomic E-state index is 12.0. The molecule has 0 aromatic rings. The number of hydrogen-bond acceptors (Lipinski definition) is 2. The fourth-order valence-electron chi connectivity index (χ4n) is 2.62. The first-order valence-corrected chi connectivity index (χ1v) is 9.22. The van der Waals surface area contributed by atoms with Crippen LogP contribution in [0.1, 0.15) is 78.6 Å². The van der Waals surface area contributed by atoms with Crippen LogP contribution in [-0.4, -0.2) is 35.0 Å². The molecule has 0 aliphatic rings. The molecule has 4 heteroatoms. The van der Waals surface area contributed by atoms with Gasteiger partial charge in [-0.3, -0.25) is 9.59 Å². The van der Waals surface area contributed by atoms with Crippen molar-refractivity contribution in [3.8, 4) is 0 Å². The second-order valence-electron chi connectivity index (χ2n) is 6.06. The minimum Gasteiger partial charge on any atom is -0.481 e. The van der Waals surface area contributed by atoms with Gasteiger partial charge in [0.1, 0.15) is 0 Å². The minimum atomic E-state index is -0.843. The lowest BCUT2D eigenvalue weighted by Gasteiger charge is -2.21. The first kappa shape index (κ1) is 21.7. The number of amides is 1. The molecule has 1 unspecified atom stereocenters. The van der Waals surface area contributed by atoms with Crippen LogP contribution in [0, 0.1) is 5.92 Å². The number of unbranched alkanes of at least 4 members (excludes halogenated alkanes) is 5. The molecule has 0 saturated heterocycles. The van der Waals surface area contributed by atoms with Crippen molar-refractivity contribution in [3.63, 3.8) is 0 Å². The standard InChI is InChI=1S/C19H35NO3/c1-4-7-8-9-10-11-12-13-14-15-17(19(22)23)16-18(21)20(5-2)6-3/h9-10,17H,4-8,11-16H2,1-3H3,(H,22,23)/b10-9+. The van der Waals surface area contributed by atoms with Crippen LogP contribution in [0.15, 0.2) is 12.2 Å². The molecule has 0 heterocycles. The Morgan fingerprint density at radius 1 is 0.957 bits per heavy atom. The van der Waals surface area contributed by atoms with Crippen molar-refractivity contribution >= 4 is 11.9 Å². The monoisotopic (exact) mass is 325 g/mol. The molecular formula is C19H35NO3. The number of allylic oxidation sites excluding steroid dienone is 2. The lowest BCUT2D eigenvalue weighted by Crippen LogP contribution is -2.33. The van der Waals surface area contributed by atoms with E-state index >= 15 is 0 Å². The number of carbonyl (C=O) groups excluding carboxylic acids is 1. The number of nitrogens with zero attached hydrogens (tertiary/aromatic N) is 1. The lowest BCUT2D eigenvalue weighted by molar-refractivity contribution is -0.146. The van der Waals surface area contributed by atoms with Gasteiger partial charge in [-0.05, 0) is 39.5 Å². The number of carboxylic acids is 1. The van der Waals surface area contributed by atoms with Gasteiger partial charge in [-0.1, -0.05) is 44.8 Å². The van der Waals surface area contributed by atoms with Gasteiger partial charge in [0.15, 0.2) is 0 Å². The van der Waals surface area contributed by atoms with Crippen LogP contribution in [0.5, 0.6) is 0 Å². The molecule has 23 heavy (non-hydrogen) atoms. The summed E-state index contributed by atoms with van der Waals surface area (Å²) in [4.78, 5) is 25.1. The van der Waals surface area contributed by atoms with Gasteiger partial charge in [-0.2, -0.15) is 0 Å². The average molecular weight is 325 g/mol. The third kappa shape index (κ3) is 10.9. The van der Waals surface area contributed by atoms with Crippen molar-refractivity contribution in [1.82, 2.24) is 4.90 Å². The molecular weight excluding hydrogens is 290 g/mol. The van der Waals surface area contributed by atoms with E-state index in [1.54, 1.807) is 4.90 Å². The Morgan fingerprint density at radius 3 is 2.09 bits per heavy atom. The van der Waals surface area contributed by atoms with Gasteiger partial charge in [-0.25, -0.2) is 0 Å². The molecule has 134 valence electrons. The quantitative estimate of drug-likeness (QED) is 0.374. The second-order valence-corrected chi connectivity index (χ2v) is 6.06. The molecule has 0 aliphatic carbocycles. The largest absolute Gasteiger partial charge is 0.481 e. The lowest BCUT2D eigenvalue weighted by atomic mass is 9.96. The Hall–Kier alpha value is -1.32. The molecule has 0 saturated carbocycles. The van der Waals surface area contributed by atoms with Gasteiger partial charge >= 0.3 is 5.97 Å². The van der Waals surface area contributed by atoms with Crippen LogP contribution in [0.25, 0.3) is 0 Å². The normalized spacial score (nSPS) is 12.5. The molecule has 0 aromatic carbocycles. The highest BCUT2D eigenvalue weighted by Gasteiger charge is 2.22. The van der Waals surface area contributed by atoms with Crippen LogP contribution >= 0.6 is 0 Å². The Labute approximate surface area is 141 Å². The Balaban J connectivity index is 3.95. The van der Waals surface area contributed by atoms with Crippen molar-refractivity contribution in [1.29, 1.82) is 0 Å². The molecule has 1 atom stereocenters. The molecule has 4 nitrogen and oxygen atoms in total. The van der Waals surface area contributed by atoms with E-state index in [1.807, 2.05) is 13.8 Å². The Kier molecular flexibility index (Phi) is 13.5. The summed E-state index contributed by atoms with van der Waals surface area (Å²) in [6.07, 6.45) is 12.9. The summed E-state index contributed by atoms with van der Waals surface area (Å²) in [5.74, 6) is -1.42. The summed E-state index contributed by atoms with van der Waals surface area (Å²) >= 11 is 0. The van der Waals surface area contributed by atoms with E-state index < -0.39 is 11.9 Å².